The van der Waals surface area contributed by atoms with Crippen molar-refractivity contribution in [3.8, 4) is 5.88 Å². The average Bonchev–Trinajstić information content (AvgIpc) is 2.90. The number of nitrogens with one attached hydrogen (secondary N) is 1. The number of aryl methyl sites for hydroxylation is 2. The number of benzene rings is 2. The minimum Gasteiger partial charge on any atom is -0.473 e. The molecule has 3 heterocycles. The summed E-state index contributed by atoms with van der Waals surface area (Å²) in [6.45, 7) is 7.13. The zero-order chi connectivity index (χ0) is 25.8. The summed E-state index contributed by atoms with van der Waals surface area (Å²) in [4.78, 5) is 26.6. The van der Waals surface area contributed by atoms with Gasteiger partial charge in [0.15, 0.2) is 0 Å². The lowest BCUT2D eigenvalue weighted by atomic mass is 9.96. The number of fused-ring (bicyclic) bond motifs is 1. The van der Waals surface area contributed by atoms with Crippen LogP contribution < -0.4 is 15.8 Å². The quantitative estimate of drug-likeness (QED) is 0.377. The molecule has 0 atom stereocenters. The zero-order valence-corrected chi connectivity index (χ0v) is 21.0. The highest BCUT2D eigenvalue weighted by Crippen LogP contribution is 2.28. The molecule has 9 nitrogen and oxygen atoms in total. The maximum atomic E-state index is 11.9. The van der Waals surface area contributed by atoms with Gasteiger partial charge in [-0.15, -0.1) is 0 Å². The van der Waals surface area contributed by atoms with Crippen molar-refractivity contribution in [2.45, 2.75) is 33.5 Å². The van der Waals surface area contributed by atoms with E-state index in [0.29, 0.717) is 50.4 Å². The Hall–Kier alpha value is -4.24. The maximum absolute atomic E-state index is 11.9. The third kappa shape index (κ3) is 5.62. The highest BCUT2D eigenvalue weighted by Gasteiger charge is 2.18. The minimum atomic E-state index is 0.0276. The Morgan fingerprint density at radius 3 is 2.68 bits per heavy atom. The molecule has 1 saturated heterocycles. The van der Waals surface area contributed by atoms with Crippen molar-refractivity contribution in [3.63, 3.8) is 0 Å². The summed E-state index contributed by atoms with van der Waals surface area (Å²) in [7, 11) is 0. The molecule has 0 aliphatic carbocycles. The highest BCUT2D eigenvalue weighted by atomic mass is 16.5. The fraction of sp³-hybridized carbons (Fsp3) is 0.286. The van der Waals surface area contributed by atoms with E-state index in [1.54, 1.807) is 12.3 Å². The molecular formula is C28H30N6O3. The van der Waals surface area contributed by atoms with Crippen molar-refractivity contribution in [1.82, 2.24) is 19.9 Å². The summed E-state index contributed by atoms with van der Waals surface area (Å²) in [6.07, 6.45) is 3.23. The molecule has 0 spiro atoms. The van der Waals surface area contributed by atoms with Gasteiger partial charge in [-0.2, -0.15) is 0 Å². The van der Waals surface area contributed by atoms with Gasteiger partial charge in [0.2, 0.25) is 11.8 Å². The molecule has 1 fully saturated rings. The summed E-state index contributed by atoms with van der Waals surface area (Å²) in [6, 6.07) is 13.9. The van der Waals surface area contributed by atoms with E-state index in [1.807, 2.05) is 35.2 Å². The molecule has 2 aromatic carbocycles. The number of anilines is 2. The molecule has 0 radical (unpaired) electrons. The first-order chi connectivity index (χ1) is 18.0. The lowest BCUT2D eigenvalue weighted by Crippen LogP contribution is -2.40. The molecule has 1 amide bonds. The fourth-order valence-corrected chi connectivity index (χ4v) is 4.53. The molecule has 2 aromatic heterocycles. The predicted molar refractivity (Wildman–Crippen MR) is 142 cm³/mol. The van der Waals surface area contributed by atoms with E-state index in [2.05, 4.69) is 40.2 Å². The number of ether oxygens (including phenoxy) is 2. The van der Waals surface area contributed by atoms with Crippen molar-refractivity contribution < 1.29 is 14.3 Å². The van der Waals surface area contributed by atoms with Crippen LogP contribution >= 0.6 is 0 Å². The summed E-state index contributed by atoms with van der Waals surface area (Å²) in [5.74, 6) is 1.75. The second-order valence-corrected chi connectivity index (χ2v) is 9.16. The molecule has 0 saturated carbocycles. The number of morpholine rings is 1. The number of pyridine rings is 1. The van der Waals surface area contributed by atoms with E-state index in [1.165, 1.54) is 17.5 Å². The Labute approximate surface area is 215 Å². The number of nitrogens with zero attached hydrogens (tertiary/aromatic N) is 4. The number of carbonyl (C=O) groups excluding carboxylic acids is 1. The molecule has 1 aliphatic heterocycles. The second-order valence-electron chi connectivity index (χ2n) is 9.16. The second kappa shape index (κ2) is 10.8. The number of hydrogen-bond donors (Lipinski definition) is 2. The first-order valence-electron chi connectivity index (χ1n) is 12.2. The lowest BCUT2D eigenvalue weighted by Gasteiger charge is -2.26. The molecule has 1 aliphatic rings. The predicted octanol–water partition coefficient (Wildman–Crippen LogP) is 3.77. The molecule has 3 N–H and O–H groups in total. The van der Waals surface area contributed by atoms with E-state index in [-0.39, 0.29) is 12.5 Å². The van der Waals surface area contributed by atoms with Crippen LogP contribution in [0.1, 0.15) is 27.8 Å². The van der Waals surface area contributed by atoms with Crippen LogP contribution in [0.3, 0.4) is 0 Å². The van der Waals surface area contributed by atoms with Crippen molar-refractivity contribution in [3.05, 3.63) is 82.8 Å². The van der Waals surface area contributed by atoms with Crippen molar-refractivity contribution in [1.29, 1.82) is 0 Å². The van der Waals surface area contributed by atoms with Crippen LogP contribution in [-0.2, 0) is 29.2 Å². The van der Waals surface area contributed by atoms with Gasteiger partial charge in [-0.1, -0.05) is 24.3 Å². The Kier molecular flexibility index (Phi) is 7.14. The molecule has 0 bridgehead atoms. The van der Waals surface area contributed by atoms with Crippen LogP contribution in [-0.4, -0.2) is 45.5 Å². The molecular weight excluding hydrogens is 468 g/mol. The van der Waals surface area contributed by atoms with Gasteiger partial charge < -0.3 is 25.4 Å². The van der Waals surface area contributed by atoms with E-state index in [4.69, 9.17) is 15.2 Å². The van der Waals surface area contributed by atoms with E-state index >= 15 is 0 Å². The number of amides is 1. The van der Waals surface area contributed by atoms with Gasteiger partial charge in [0.1, 0.15) is 31.2 Å². The smallest absolute Gasteiger partial charge is 0.248 e. The fourth-order valence-electron chi connectivity index (χ4n) is 4.53. The summed E-state index contributed by atoms with van der Waals surface area (Å²) in [5, 5.41) is 5.47. The number of nitrogens with two attached hydrogens (primary N) is 1. The number of nitrogen functional groups attached to an aromatic ring is 1. The molecule has 4 aromatic rings. The summed E-state index contributed by atoms with van der Waals surface area (Å²) < 4.78 is 11.1. The van der Waals surface area contributed by atoms with Gasteiger partial charge >= 0.3 is 0 Å². The number of hydrogen-bond acceptors (Lipinski definition) is 8. The Morgan fingerprint density at radius 2 is 1.86 bits per heavy atom. The monoisotopic (exact) mass is 498 g/mol. The SMILES string of the molecule is Cc1cc2c(N)nccc2c(C)c1CNc1cc(OCc2ccc(CN3CCOCC3=O)cc2)ncn1. The summed E-state index contributed by atoms with van der Waals surface area (Å²) in [5.41, 5.74) is 11.7. The molecule has 0 unspecified atom stereocenters. The summed E-state index contributed by atoms with van der Waals surface area (Å²) >= 11 is 0. The molecule has 9 heteroatoms. The van der Waals surface area contributed by atoms with Crippen LogP contribution in [0.5, 0.6) is 5.88 Å². The lowest BCUT2D eigenvalue weighted by molar-refractivity contribution is -0.143. The normalized spacial score (nSPS) is 13.7. The van der Waals surface area contributed by atoms with Crippen LogP contribution in [0.25, 0.3) is 10.8 Å². The van der Waals surface area contributed by atoms with Gasteiger partial charge in [0, 0.05) is 37.3 Å². The van der Waals surface area contributed by atoms with Gasteiger partial charge in [-0.25, -0.2) is 15.0 Å². The van der Waals surface area contributed by atoms with Crippen LogP contribution in [0.2, 0.25) is 0 Å². The van der Waals surface area contributed by atoms with Gasteiger partial charge in [0.05, 0.1) is 6.61 Å². The largest absolute Gasteiger partial charge is 0.473 e. The van der Waals surface area contributed by atoms with Gasteiger partial charge in [-0.3, -0.25) is 4.79 Å². The first-order valence-corrected chi connectivity index (χ1v) is 12.2. The average molecular weight is 499 g/mol. The first kappa shape index (κ1) is 24.5. The zero-order valence-electron chi connectivity index (χ0n) is 21.0. The van der Waals surface area contributed by atoms with Gasteiger partial charge in [-0.05, 0) is 59.2 Å². The third-order valence-corrected chi connectivity index (χ3v) is 6.67. The van der Waals surface area contributed by atoms with Crippen LogP contribution in [0, 0.1) is 13.8 Å². The Balaban J connectivity index is 1.19. The van der Waals surface area contributed by atoms with Crippen molar-refractivity contribution >= 4 is 28.3 Å². The number of carbonyl (C=O) groups is 1. The third-order valence-electron chi connectivity index (χ3n) is 6.67. The van der Waals surface area contributed by atoms with E-state index < -0.39 is 0 Å². The Bertz CT molecular complexity index is 1420. The molecule has 37 heavy (non-hydrogen) atoms. The van der Waals surface area contributed by atoms with Crippen LogP contribution in [0.4, 0.5) is 11.6 Å². The van der Waals surface area contributed by atoms with E-state index in [0.717, 1.165) is 27.5 Å². The van der Waals surface area contributed by atoms with Crippen LogP contribution in [0.15, 0.2) is 55.0 Å². The Morgan fingerprint density at radius 1 is 1.05 bits per heavy atom. The van der Waals surface area contributed by atoms with Crippen molar-refractivity contribution in [2.75, 3.05) is 30.8 Å². The number of rotatable bonds is 8. The van der Waals surface area contributed by atoms with Gasteiger partial charge in [0.25, 0.3) is 0 Å². The van der Waals surface area contributed by atoms with Crippen molar-refractivity contribution in [2.24, 2.45) is 0 Å². The maximum Gasteiger partial charge on any atom is 0.248 e. The molecule has 5 rings (SSSR count). The topological polar surface area (TPSA) is 115 Å². The standard InChI is InChI=1S/C28H30N6O3/c1-18-11-23-22(7-8-30-28(23)29)19(2)24(18)13-31-25-12-26(33-17-32-25)37-15-21-5-3-20(4-6-21)14-34-9-10-36-16-27(34)35/h3-8,11-12,17H,9-10,13-16H2,1-2H3,(H2,29,30)(H,31,32,33). The minimum absolute atomic E-state index is 0.0276. The number of aromatic nitrogens is 3. The highest BCUT2D eigenvalue weighted by molar-refractivity contribution is 5.94. The van der Waals surface area contributed by atoms with E-state index in [9.17, 15) is 4.79 Å². The molecule has 190 valence electrons.